The van der Waals surface area contributed by atoms with Crippen molar-refractivity contribution in [1.29, 1.82) is 0 Å². The van der Waals surface area contributed by atoms with E-state index in [-0.39, 0.29) is 207 Å². The summed E-state index contributed by atoms with van der Waals surface area (Å²) in [5.74, 6) is 0.604. The van der Waals surface area contributed by atoms with E-state index in [4.69, 9.17) is 45.2 Å². The van der Waals surface area contributed by atoms with Crippen LogP contribution < -0.4 is 188 Å². The first-order valence-corrected chi connectivity index (χ1v) is 23.6. The van der Waals surface area contributed by atoms with Crippen molar-refractivity contribution in [3.05, 3.63) is 117 Å². The summed E-state index contributed by atoms with van der Waals surface area (Å²) in [6.45, 7) is 17.6. The number of halogens is 6. The van der Waals surface area contributed by atoms with E-state index in [9.17, 15) is 22.8 Å². The minimum absolute atomic E-state index is 0. The topological polar surface area (TPSA) is 155 Å². The van der Waals surface area contributed by atoms with Gasteiger partial charge in [0.2, 0.25) is 5.76 Å². The summed E-state index contributed by atoms with van der Waals surface area (Å²) in [7, 11) is 2.74. The molecule has 0 atom stereocenters. The van der Waals surface area contributed by atoms with Gasteiger partial charge in [0.15, 0.2) is 0 Å². The molecule has 1 N–H and O–H groups in total. The molecule has 0 unspecified atom stereocenters. The number of alkyl halides is 5. The third-order valence-corrected chi connectivity index (χ3v) is 12.0. The maximum Gasteiger partial charge on any atom is 1.00 e. The van der Waals surface area contributed by atoms with Crippen molar-refractivity contribution in [2.24, 2.45) is 0 Å². The maximum absolute atomic E-state index is 11.8. The van der Waals surface area contributed by atoms with Crippen LogP contribution in [0.5, 0.6) is 5.75 Å². The number of amides is 1. The van der Waals surface area contributed by atoms with Crippen LogP contribution in [-0.4, -0.2) is 56.7 Å². The van der Waals surface area contributed by atoms with Crippen LogP contribution in [0.3, 0.4) is 0 Å². The monoisotopic (exact) mass is 1380 g/mol. The normalized spacial score (nSPS) is 14.0. The molecule has 6 rings (SSSR count). The van der Waals surface area contributed by atoms with Crippen LogP contribution in [0, 0.1) is 0 Å². The molecule has 1 aromatic heterocycles. The van der Waals surface area contributed by atoms with Gasteiger partial charge in [-0.2, -0.15) is 13.2 Å². The number of rotatable bonds is 9. The van der Waals surface area contributed by atoms with Gasteiger partial charge in [0.25, 0.3) is 6.47 Å². The average molecular weight is 1380 g/mol. The SMILES string of the molecule is CC(C)(C)OC(=O)NCc1ccc(B2OC(C)(C)C(C)(C)O2)cc1.COC(=O)C(C)(C)c1cccc(Br)c1.COc1ccc2c(c1CCl)CCCC2.FC(F)(F)c1ccc(CBr)o1.O=CO[O-].[Cs+].[Cs+].[H-].[H-].[Na+]. The number of fused-ring (bicyclic) bond motifs is 1. The quantitative estimate of drug-likeness (QED) is 0.0655. The summed E-state index contributed by atoms with van der Waals surface area (Å²) in [6.07, 6.45) is 0.154. The first-order chi connectivity index (χ1) is 31.2. The molecule has 22 heteroatoms. The number of hydrogen-bond acceptors (Lipinski definition) is 11. The van der Waals surface area contributed by atoms with Gasteiger partial charge in [-0.05, 0) is 146 Å². The van der Waals surface area contributed by atoms with Gasteiger partial charge in [0.05, 0.1) is 42.0 Å². The smallest absolute Gasteiger partial charge is 1.00 e. The zero-order chi connectivity index (χ0) is 50.8. The molecule has 0 bridgehead atoms. The van der Waals surface area contributed by atoms with Gasteiger partial charge in [-0.25, -0.2) is 4.79 Å². The van der Waals surface area contributed by atoms with Gasteiger partial charge in [0.1, 0.15) is 17.1 Å². The Labute approximate surface area is 576 Å². The van der Waals surface area contributed by atoms with E-state index in [0.717, 1.165) is 39.3 Å². The summed E-state index contributed by atoms with van der Waals surface area (Å²) in [5.41, 5.74) is 5.20. The molecule has 12 nitrogen and oxygen atoms in total. The number of carbonyl (C=O) groups excluding carboxylic acids is 3. The molecule has 2 aliphatic rings. The molecular weight excluding hydrogens is 1320 g/mol. The molecular formula is C48H63BBr2ClCs2F3NNaO11. The van der Waals surface area contributed by atoms with Crippen LogP contribution in [0.25, 0.3) is 0 Å². The van der Waals surface area contributed by atoms with Gasteiger partial charge in [-0.1, -0.05) is 74.3 Å². The van der Waals surface area contributed by atoms with Gasteiger partial charge in [0, 0.05) is 16.6 Å². The number of methoxy groups -OCH3 is 2. The van der Waals surface area contributed by atoms with Crippen molar-refractivity contribution in [3.63, 3.8) is 0 Å². The number of aryl methyl sites for hydroxylation is 1. The molecule has 3 aromatic carbocycles. The fraction of sp³-hybridized carbons (Fsp3) is 0.479. The number of hydrogen-bond donors (Lipinski definition) is 1. The van der Waals surface area contributed by atoms with E-state index < -0.39 is 29.0 Å². The Morgan fingerprint density at radius 3 is 1.93 bits per heavy atom. The molecule has 4 aromatic rings. The van der Waals surface area contributed by atoms with E-state index >= 15 is 0 Å². The molecule has 0 spiro atoms. The zero-order valence-corrected chi connectivity index (χ0v) is 61.3. The molecule has 374 valence electrons. The minimum atomic E-state index is -4.37. The second kappa shape index (κ2) is 34.7. The predicted octanol–water partition coefficient (Wildman–Crippen LogP) is 2.09. The van der Waals surface area contributed by atoms with E-state index in [1.54, 1.807) is 7.11 Å². The standard InChI is InChI=1S/C18H28BNO4.C12H15ClO.C11H13BrO2.C6H4BrF3O.CH2O3.2Cs.Na.2H/c1-16(2,3)22-15(21)20-12-13-8-10-14(11-9-13)19-23-17(4,5)18(6,7)24-19;1-14-12-7-6-9-4-2-3-5-10(9)11(12)8-13;1-11(2,10(13)14-3)8-5-4-6-9(12)7-8;7-3-4-1-2-5(11-4)6(8,9)10;2-1-4-3;;;;;/h8-11H,12H2,1-7H3,(H,20,21);6-7H,2-5,8H2,1H3;4-7H,1-3H3;1-2H,3H2;1,3H;;;;;/q;;;;;3*+1;2*-1/p-1. The van der Waals surface area contributed by atoms with E-state index in [1.165, 1.54) is 49.1 Å². The Balaban J connectivity index is -0.000000423. The van der Waals surface area contributed by atoms with Crippen molar-refractivity contribution in [3.8, 4) is 5.75 Å². The van der Waals surface area contributed by atoms with Crippen LogP contribution in [0.15, 0.2) is 81.7 Å². The minimum Gasteiger partial charge on any atom is -1.00 e. The average Bonchev–Trinajstić information content (AvgIpc) is 3.86. The molecule has 1 aliphatic carbocycles. The number of carbonyl (C=O) groups is 3. The van der Waals surface area contributed by atoms with Gasteiger partial charge in [-0.15, -0.1) is 11.6 Å². The van der Waals surface area contributed by atoms with E-state index in [2.05, 4.69) is 52.5 Å². The van der Waals surface area contributed by atoms with Crippen LogP contribution in [-0.2, 0) is 75.4 Å². The van der Waals surface area contributed by atoms with E-state index in [1.807, 2.05) is 117 Å². The van der Waals surface area contributed by atoms with Crippen LogP contribution in [0.2, 0.25) is 0 Å². The Bertz CT molecular complexity index is 2180. The van der Waals surface area contributed by atoms with Gasteiger partial charge in [-0.3, -0.25) is 9.59 Å². The molecule has 70 heavy (non-hydrogen) atoms. The summed E-state index contributed by atoms with van der Waals surface area (Å²) >= 11 is 12.3. The van der Waals surface area contributed by atoms with Crippen LogP contribution >= 0.6 is 43.5 Å². The number of ether oxygens (including phenoxy) is 3. The van der Waals surface area contributed by atoms with Crippen LogP contribution in [0.1, 0.15) is 117 Å². The number of benzene rings is 3. The third kappa shape index (κ3) is 24.6. The molecule has 2 heterocycles. The van der Waals surface area contributed by atoms with Crippen molar-refractivity contribution < 1.29 is 236 Å². The fourth-order valence-electron chi connectivity index (χ4n) is 6.33. The zero-order valence-electron chi connectivity index (χ0n) is 44.8. The second-order valence-electron chi connectivity index (χ2n) is 17.6. The van der Waals surface area contributed by atoms with Crippen molar-refractivity contribution >= 4 is 74.6 Å². The van der Waals surface area contributed by atoms with Gasteiger partial charge >= 0.3 is 193 Å². The fourth-order valence-corrected chi connectivity index (χ4v) is 7.33. The largest absolute Gasteiger partial charge is 1.00 e. The van der Waals surface area contributed by atoms with Crippen molar-refractivity contribution in [2.45, 2.75) is 134 Å². The number of alkyl carbamates (subject to hydrolysis) is 1. The Hall–Kier alpha value is 1.04. The predicted molar refractivity (Wildman–Crippen MR) is 259 cm³/mol. The molecule has 1 amide bonds. The molecule has 0 radical (unpaired) electrons. The Morgan fingerprint density at radius 1 is 0.914 bits per heavy atom. The van der Waals surface area contributed by atoms with Gasteiger partial charge < -0.3 is 46.3 Å². The van der Waals surface area contributed by atoms with Crippen molar-refractivity contribution in [2.75, 3.05) is 14.2 Å². The number of esters is 1. The van der Waals surface area contributed by atoms with Crippen LogP contribution in [0.4, 0.5) is 18.0 Å². The maximum atomic E-state index is 11.8. The number of nitrogens with one attached hydrogen (secondary N) is 1. The summed E-state index contributed by atoms with van der Waals surface area (Å²) in [4.78, 5) is 34.4. The second-order valence-corrected chi connectivity index (χ2v) is 19.4. The Kier molecular flexibility index (Phi) is 36.3. The number of furan rings is 1. The summed E-state index contributed by atoms with van der Waals surface area (Å²) < 4.78 is 68.2. The first-order valence-electron chi connectivity index (χ1n) is 21.1. The molecule has 0 saturated carbocycles. The Morgan fingerprint density at radius 2 is 1.49 bits per heavy atom. The molecule has 1 fully saturated rings. The van der Waals surface area contributed by atoms with E-state index in [0.29, 0.717) is 17.8 Å². The van der Waals surface area contributed by atoms with Crippen molar-refractivity contribution in [1.82, 2.24) is 5.32 Å². The molecule has 1 saturated heterocycles. The third-order valence-electron chi connectivity index (χ3n) is 10.7. The summed E-state index contributed by atoms with van der Waals surface area (Å²) in [6, 6.07) is 22.0. The molecule has 1 aliphatic heterocycles. The first kappa shape index (κ1) is 73.1. The summed E-state index contributed by atoms with van der Waals surface area (Å²) in [5, 5.41) is 11.5.